The first-order valence-electron chi connectivity index (χ1n) is 5.32. The van der Waals surface area contributed by atoms with E-state index >= 15 is 0 Å². The van der Waals surface area contributed by atoms with Gasteiger partial charge in [0.25, 0.3) is 0 Å². The summed E-state index contributed by atoms with van der Waals surface area (Å²) in [6, 6.07) is 6.08. The fourth-order valence-electron chi connectivity index (χ4n) is 1.38. The van der Waals surface area contributed by atoms with E-state index < -0.39 is 6.04 Å². The lowest BCUT2D eigenvalue weighted by Crippen LogP contribution is -2.19. The van der Waals surface area contributed by atoms with Crippen LogP contribution in [-0.2, 0) is 9.47 Å². The van der Waals surface area contributed by atoms with Gasteiger partial charge in [0.05, 0.1) is 12.6 Å². The Kier molecular flexibility index (Phi) is 6.00. The predicted molar refractivity (Wildman–Crippen MR) is 60.6 cm³/mol. The second kappa shape index (κ2) is 7.33. The number of benzene rings is 1. The van der Waals surface area contributed by atoms with Crippen molar-refractivity contribution in [1.82, 2.24) is 0 Å². The second-order valence-electron chi connectivity index (χ2n) is 3.55. The summed E-state index contributed by atoms with van der Waals surface area (Å²) in [6.45, 7) is 1.57. The minimum absolute atomic E-state index is 0.282. The highest BCUT2D eigenvalue weighted by atomic mass is 19.1. The van der Waals surface area contributed by atoms with Gasteiger partial charge in [-0.3, -0.25) is 0 Å². The van der Waals surface area contributed by atoms with Gasteiger partial charge in [-0.1, -0.05) is 18.2 Å². The SMILES string of the molecule is COCCCOCC(N)c1ccccc1F. The number of hydrogen-bond acceptors (Lipinski definition) is 3. The maximum atomic E-state index is 13.3. The van der Waals surface area contributed by atoms with Crippen LogP contribution in [0.25, 0.3) is 0 Å². The van der Waals surface area contributed by atoms with E-state index in [1.54, 1.807) is 25.3 Å². The largest absolute Gasteiger partial charge is 0.385 e. The van der Waals surface area contributed by atoms with Crippen LogP contribution in [-0.4, -0.2) is 26.9 Å². The van der Waals surface area contributed by atoms with Crippen molar-refractivity contribution in [2.24, 2.45) is 5.73 Å². The normalized spacial score (nSPS) is 12.7. The molecule has 1 aromatic carbocycles. The van der Waals surface area contributed by atoms with Crippen LogP contribution < -0.4 is 5.73 Å². The summed E-state index contributed by atoms with van der Waals surface area (Å²) in [5.41, 5.74) is 6.31. The molecule has 0 saturated carbocycles. The Morgan fingerprint density at radius 1 is 1.31 bits per heavy atom. The predicted octanol–water partition coefficient (Wildman–Crippen LogP) is 1.88. The monoisotopic (exact) mass is 227 g/mol. The highest BCUT2D eigenvalue weighted by Crippen LogP contribution is 2.14. The number of methoxy groups -OCH3 is 1. The molecule has 0 bridgehead atoms. The van der Waals surface area contributed by atoms with E-state index in [2.05, 4.69) is 0 Å². The van der Waals surface area contributed by atoms with Crippen molar-refractivity contribution < 1.29 is 13.9 Å². The summed E-state index contributed by atoms with van der Waals surface area (Å²) in [6.07, 6.45) is 0.820. The van der Waals surface area contributed by atoms with Gasteiger partial charge in [-0.2, -0.15) is 0 Å². The molecule has 1 atom stereocenters. The second-order valence-corrected chi connectivity index (χ2v) is 3.55. The van der Waals surface area contributed by atoms with Crippen LogP contribution in [0, 0.1) is 5.82 Å². The third-order valence-corrected chi connectivity index (χ3v) is 2.24. The zero-order valence-corrected chi connectivity index (χ0v) is 9.49. The lowest BCUT2D eigenvalue weighted by Gasteiger charge is -2.13. The Bertz CT molecular complexity index is 307. The minimum atomic E-state index is -0.413. The lowest BCUT2D eigenvalue weighted by atomic mass is 10.1. The molecule has 4 heteroatoms. The van der Waals surface area contributed by atoms with Crippen molar-refractivity contribution in [1.29, 1.82) is 0 Å². The Balaban J connectivity index is 2.30. The summed E-state index contributed by atoms with van der Waals surface area (Å²) in [5, 5.41) is 0. The van der Waals surface area contributed by atoms with Gasteiger partial charge in [-0.25, -0.2) is 4.39 Å². The third kappa shape index (κ3) is 4.26. The quantitative estimate of drug-likeness (QED) is 0.723. The standard InChI is InChI=1S/C12H18FNO2/c1-15-7-4-8-16-9-12(14)10-5-2-3-6-11(10)13/h2-3,5-6,12H,4,7-9,14H2,1H3. The van der Waals surface area contributed by atoms with Crippen molar-refractivity contribution in [2.45, 2.75) is 12.5 Å². The van der Waals surface area contributed by atoms with Crippen LogP contribution in [0.15, 0.2) is 24.3 Å². The minimum Gasteiger partial charge on any atom is -0.385 e. The van der Waals surface area contributed by atoms with E-state index in [1.807, 2.05) is 0 Å². The lowest BCUT2D eigenvalue weighted by molar-refractivity contribution is 0.0935. The van der Waals surface area contributed by atoms with Crippen molar-refractivity contribution >= 4 is 0 Å². The summed E-state index contributed by atoms with van der Waals surface area (Å²) in [4.78, 5) is 0. The van der Waals surface area contributed by atoms with Crippen LogP contribution >= 0.6 is 0 Å². The fourth-order valence-corrected chi connectivity index (χ4v) is 1.38. The summed E-state index contributed by atoms with van der Waals surface area (Å²) in [5.74, 6) is -0.282. The van der Waals surface area contributed by atoms with E-state index in [4.69, 9.17) is 15.2 Å². The number of ether oxygens (including phenoxy) is 2. The third-order valence-electron chi connectivity index (χ3n) is 2.24. The molecule has 1 rings (SSSR count). The fraction of sp³-hybridized carbons (Fsp3) is 0.500. The number of hydrogen-bond donors (Lipinski definition) is 1. The van der Waals surface area contributed by atoms with Crippen molar-refractivity contribution in [2.75, 3.05) is 26.9 Å². The maximum Gasteiger partial charge on any atom is 0.128 e. The number of halogens is 1. The molecular formula is C12H18FNO2. The zero-order chi connectivity index (χ0) is 11.8. The number of rotatable bonds is 7. The molecule has 3 nitrogen and oxygen atoms in total. The zero-order valence-electron chi connectivity index (χ0n) is 9.49. The molecule has 0 heterocycles. The van der Waals surface area contributed by atoms with Gasteiger partial charge < -0.3 is 15.2 Å². The highest BCUT2D eigenvalue weighted by molar-refractivity contribution is 5.20. The topological polar surface area (TPSA) is 44.5 Å². The van der Waals surface area contributed by atoms with Crippen LogP contribution in [0.2, 0.25) is 0 Å². The average molecular weight is 227 g/mol. The molecule has 0 radical (unpaired) electrons. The van der Waals surface area contributed by atoms with Crippen LogP contribution in [0.4, 0.5) is 4.39 Å². The van der Waals surface area contributed by atoms with Gasteiger partial charge in [0, 0.05) is 25.9 Å². The van der Waals surface area contributed by atoms with Gasteiger partial charge in [0.1, 0.15) is 5.82 Å². The summed E-state index contributed by atoms with van der Waals surface area (Å²) in [7, 11) is 1.64. The first-order chi connectivity index (χ1) is 7.75. The molecule has 0 aliphatic rings. The Hall–Kier alpha value is -0.970. The molecule has 2 N–H and O–H groups in total. The Morgan fingerprint density at radius 2 is 2.06 bits per heavy atom. The molecule has 0 spiro atoms. The molecule has 0 amide bonds. The van der Waals surface area contributed by atoms with E-state index in [0.717, 1.165) is 6.42 Å². The summed E-state index contributed by atoms with van der Waals surface area (Å²) < 4.78 is 23.5. The van der Waals surface area contributed by atoms with Crippen LogP contribution in [0.1, 0.15) is 18.0 Å². The van der Waals surface area contributed by atoms with Crippen LogP contribution in [0.5, 0.6) is 0 Å². The molecular weight excluding hydrogens is 209 g/mol. The van der Waals surface area contributed by atoms with E-state index in [-0.39, 0.29) is 5.82 Å². The molecule has 16 heavy (non-hydrogen) atoms. The van der Waals surface area contributed by atoms with Crippen LogP contribution in [0.3, 0.4) is 0 Å². The smallest absolute Gasteiger partial charge is 0.128 e. The van der Waals surface area contributed by atoms with E-state index in [1.165, 1.54) is 6.07 Å². The van der Waals surface area contributed by atoms with E-state index in [9.17, 15) is 4.39 Å². The van der Waals surface area contributed by atoms with Gasteiger partial charge >= 0.3 is 0 Å². The Morgan fingerprint density at radius 3 is 2.75 bits per heavy atom. The average Bonchev–Trinajstić information content (AvgIpc) is 2.29. The van der Waals surface area contributed by atoms with E-state index in [0.29, 0.717) is 25.4 Å². The Labute approximate surface area is 95.4 Å². The molecule has 0 saturated heterocycles. The first-order valence-corrected chi connectivity index (χ1v) is 5.32. The van der Waals surface area contributed by atoms with Gasteiger partial charge in [-0.15, -0.1) is 0 Å². The molecule has 0 aromatic heterocycles. The molecule has 0 fully saturated rings. The first kappa shape index (κ1) is 13.1. The van der Waals surface area contributed by atoms with Gasteiger partial charge in [0.2, 0.25) is 0 Å². The van der Waals surface area contributed by atoms with Crippen molar-refractivity contribution in [3.8, 4) is 0 Å². The summed E-state index contributed by atoms with van der Waals surface area (Å²) >= 11 is 0. The highest BCUT2D eigenvalue weighted by Gasteiger charge is 2.10. The maximum absolute atomic E-state index is 13.3. The molecule has 0 aliphatic heterocycles. The van der Waals surface area contributed by atoms with Gasteiger partial charge in [-0.05, 0) is 12.5 Å². The molecule has 1 unspecified atom stereocenters. The molecule has 1 aromatic rings. The van der Waals surface area contributed by atoms with Gasteiger partial charge in [0.15, 0.2) is 0 Å². The molecule has 90 valence electrons. The van der Waals surface area contributed by atoms with Crippen molar-refractivity contribution in [3.63, 3.8) is 0 Å². The molecule has 0 aliphatic carbocycles. The van der Waals surface area contributed by atoms with Crippen molar-refractivity contribution in [3.05, 3.63) is 35.6 Å². The number of nitrogens with two attached hydrogens (primary N) is 1.